The molecule has 0 aromatic carbocycles. The molecule has 2 aliphatic rings. The Morgan fingerprint density at radius 1 is 1.50 bits per heavy atom. The van der Waals surface area contributed by atoms with E-state index in [1.54, 1.807) is 0 Å². The summed E-state index contributed by atoms with van der Waals surface area (Å²) in [6.07, 6.45) is 6.93. The zero-order valence-electron chi connectivity index (χ0n) is 6.71. The van der Waals surface area contributed by atoms with Crippen molar-refractivity contribution < 1.29 is 9.90 Å². The smallest absolute Gasteiger partial charge is 0.326 e. The first-order valence-electron chi connectivity index (χ1n) is 4.16. The molecule has 0 spiro atoms. The molecule has 2 N–H and O–H groups in total. The van der Waals surface area contributed by atoms with Gasteiger partial charge in [-0.1, -0.05) is 12.2 Å². The molecule has 3 nitrogen and oxygen atoms in total. The van der Waals surface area contributed by atoms with Crippen molar-refractivity contribution in [3.63, 3.8) is 0 Å². The van der Waals surface area contributed by atoms with Crippen molar-refractivity contribution in [3.05, 3.63) is 23.4 Å². The predicted molar refractivity (Wildman–Crippen MR) is 44.6 cm³/mol. The molecular weight excluding hydrogens is 154 g/mol. The van der Waals surface area contributed by atoms with Crippen LogP contribution < -0.4 is 5.32 Å². The zero-order chi connectivity index (χ0) is 8.55. The second kappa shape index (κ2) is 2.66. The molecular formula is C9H11NO2. The summed E-state index contributed by atoms with van der Waals surface area (Å²) >= 11 is 0. The first-order valence-corrected chi connectivity index (χ1v) is 4.16. The average Bonchev–Trinajstić information content (AvgIpc) is 2.46. The van der Waals surface area contributed by atoms with E-state index in [9.17, 15) is 4.79 Å². The summed E-state index contributed by atoms with van der Waals surface area (Å²) in [6, 6.07) is -0.402. The van der Waals surface area contributed by atoms with Crippen molar-refractivity contribution in [2.75, 3.05) is 0 Å². The third-order valence-electron chi connectivity index (χ3n) is 2.30. The van der Waals surface area contributed by atoms with Crippen LogP contribution in [-0.2, 0) is 4.79 Å². The van der Waals surface area contributed by atoms with E-state index in [0.29, 0.717) is 6.42 Å². The van der Waals surface area contributed by atoms with Gasteiger partial charge >= 0.3 is 5.97 Å². The summed E-state index contributed by atoms with van der Waals surface area (Å²) < 4.78 is 0. The highest BCUT2D eigenvalue weighted by Gasteiger charge is 2.28. The fraction of sp³-hybridized carbons (Fsp3) is 0.444. The Balaban J connectivity index is 2.18. The molecule has 0 aromatic rings. The van der Waals surface area contributed by atoms with Crippen LogP contribution in [0.25, 0.3) is 0 Å². The van der Waals surface area contributed by atoms with E-state index in [4.69, 9.17) is 5.11 Å². The van der Waals surface area contributed by atoms with E-state index in [1.165, 1.54) is 5.57 Å². The van der Waals surface area contributed by atoms with Crippen LogP contribution >= 0.6 is 0 Å². The van der Waals surface area contributed by atoms with Crippen molar-refractivity contribution in [3.8, 4) is 0 Å². The number of carboxylic acids is 1. The molecule has 1 heterocycles. The van der Waals surface area contributed by atoms with Gasteiger partial charge in [0, 0.05) is 12.1 Å². The molecule has 1 aliphatic carbocycles. The maximum absolute atomic E-state index is 10.6. The van der Waals surface area contributed by atoms with Crippen LogP contribution in [0.5, 0.6) is 0 Å². The number of hydrogen-bond acceptors (Lipinski definition) is 2. The lowest BCUT2D eigenvalue weighted by atomic mass is 10.0. The maximum Gasteiger partial charge on any atom is 0.326 e. The lowest BCUT2D eigenvalue weighted by molar-refractivity contribution is -0.138. The maximum atomic E-state index is 10.6. The van der Waals surface area contributed by atoms with E-state index in [-0.39, 0.29) is 0 Å². The lowest BCUT2D eigenvalue weighted by Crippen LogP contribution is -2.29. The van der Waals surface area contributed by atoms with Crippen molar-refractivity contribution >= 4 is 5.97 Å². The largest absolute Gasteiger partial charge is 0.480 e. The van der Waals surface area contributed by atoms with E-state index < -0.39 is 12.0 Å². The number of carboxylic acid groups (broad SMARTS) is 1. The Hall–Kier alpha value is -1.25. The highest BCUT2D eigenvalue weighted by atomic mass is 16.4. The number of fused-ring (bicyclic) bond motifs is 1. The van der Waals surface area contributed by atoms with Crippen molar-refractivity contribution in [1.82, 2.24) is 5.32 Å². The summed E-state index contributed by atoms with van der Waals surface area (Å²) in [5.41, 5.74) is 2.21. The fourth-order valence-electron chi connectivity index (χ4n) is 1.68. The Morgan fingerprint density at radius 2 is 2.25 bits per heavy atom. The zero-order valence-corrected chi connectivity index (χ0v) is 6.71. The van der Waals surface area contributed by atoms with Gasteiger partial charge in [-0.05, 0) is 18.4 Å². The normalized spacial score (nSPS) is 26.8. The van der Waals surface area contributed by atoms with Crippen molar-refractivity contribution in [2.24, 2.45) is 0 Å². The van der Waals surface area contributed by atoms with Gasteiger partial charge in [0.2, 0.25) is 0 Å². The quantitative estimate of drug-likeness (QED) is 0.610. The van der Waals surface area contributed by atoms with E-state index >= 15 is 0 Å². The molecule has 12 heavy (non-hydrogen) atoms. The SMILES string of the molecule is O=C(O)C1CC2=CCCC=C2N1. The second-order valence-corrected chi connectivity index (χ2v) is 3.16. The van der Waals surface area contributed by atoms with Crippen LogP contribution in [0.15, 0.2) is 23.4 Å². The van der Waals surface area contributed by atoms with Gasteiger partial charge in [-0.25, -0.2) is 4.79 Å². The molecule has 1 saturated heterocycles. The van der Waals surface area contributed by atoms with Crippen molar-refractivity contribution in [1.29, 1.82) is 0 Å². The van der Waals surface area contributed by atoms with Crippen LogP contribution in [-0.4, -0.2) is 17.1 Å². The number of hydrogen-bond donors (Lipinski definition) is 2. The first-order chi connectivity index (χ1) is 5.77. The highest BCUT2D eigenvalue weighted by molar-refractivity contribution is 5.76. The van der Waals surface area contributed by atoms with Crippen LogP contribution in [0.2, 0.25) is 0 Å². The van der Waals surface area contributed by atoms with Gasteiger partial charge in [-0.15, -0.1) is 0 Å². The van der Waals surface area contributed by atoms with Gasteiger partial charge in [0.1, 0.15) is 6.04 Å². The van der Waals surface area contributed by atoms with Crippen LogP contribution in [0.1, 0.15) is 19.3 Å². The number of allylic oxidation sites excluding steroid dienone is 3. The highest BCUT2D eigenvalue weighted by Crippen LogP contribution is 2.27. The first kappa shape index (κ1) is 7.40. The molecule has 64 valence electrons. The number of aliphatic carboxylic acids is 1. The van der Waals surface area contributed by atoms with Gasteiger partial charge in [-0.2, -0.15) is 0 Å². The lowest BCUT2D eigenvalue weighted by Gasteiger charge is -2.06. The van der Waals surface area contributed by atoms with E-state index in [2.05, 4.69) is 17.5 Å². The Morgan fingerprint density at radius 3 is 2.92 bits per heavy atom. The fourth-order valence-corrected chi connectivity index (χ4v) is 1.68. The van der Waals surface area contributed by atoms with Crippen LogP contribution in [0.4, 0.5) is 0 Å². The monoisotopic (exact) mass is 165 g/mol. The van der Waals surface area contributed by atoms with Gasteiger partial charge in [0.15, 0.2) is 0 Å². The molecule has 2 rings (SSSR count). The molecule has 0 radical (unpaired) electrons. The molecule has 3 heteroatoms. The third-order valence-corrected chi connectivity index (χ3v) is 2.30. The summed E-state index contributed by atoms with van der Waals surface area (Å²) in [5.74, 6) is -0.758. The Kier molecular flexibility index (Phi) is 1.64. The van der Waals surface area contributed by atoms with Gasteiger partial charge in [0.05, 0.1) is 0 Å². The van der Waals surface area contributed by atoms with Crippen molar-refractivity contribution in [2.45, 2.75) is 25.3 Å². The number of rotatable bonds is 1. The minimum Gasteiger partial charge on any atom is -0.480 e. The summed E-state index contributed by atoms with van der Waals surface area (Å²) in [5, 5.41) is 11.7. The second-order valence-electron chi connectivity index (χ2n) is 3.16. The van der Waals surface area contributed by atoms with Gasteiger partial charge in [-0.3, -0.25) is 0 Å². The summed E-state index contributed by atoms with van der Waals surface area (Å²) in [7, 11) is 0. The number of nitrogens with one attached hydrogen (secondary N) is 1. The Labute approximate surface area is 70.8 Å². The topological polar surface area (TPSA) is 49.3 Å². The van der Waals surface area contributed by atoms with Gasteiger partial charge in [0.25, 0.3) is 0 Å². The molecule has 0 bridgehead atoms. The molecule has 1 aliphatic heterocycles. The van der Waals surface area contributed by atoms with Gasteiger partial charge < -0.3 is 10.4 Å². The molecule has 1 fully saturated rings. The third kappa shape index (κ3) is 1.11. The Bertz CT molecular complexity index is 256. The molecule has 0 amide bonds. The molecule has 1 unspecified atom stereocenters. The van der Waals surface area contributed by atoms with E-state index in [0.717, 1.165) is 18.5 Å². The molecule has 1 atom stereocenters. The predicted octanol–water partition coefficient (Wildman–Crippen LogP) is 1.04. The van der Waals surface area contributed by atoms with Crippen LogP contribution in [0.3, 0.4) is 0 Å². The standard InChI is InChI=1S/C9H11NO2/c11-9(12)8-5-6-3-1-2-4-7(6)10-8/h3-4,8,10H,1-2,5H2,(H,11,12). The minimum atomic E-state index is -0.758. The molecule has 0 aromatic heterocycles. The van der Waals surface area contributed by atoms with E-state index in [1.807, 2.05) is 0 Å². The average molecular weight is 165 g/mol. The van der Waals surface area contributed by atoms with Crippen LogP contribution in [0, 0.1) is 0 Å². The minimum absolute atomic E-state index is 0.402. The summed E-state index contributed by atoms with van der Waals surface area (Å²) in [6.45, 7) is 0. The number of carbonyl (C=O) groups is 1. The molecule has 0 saturated carbocycles. The summed E-state index contributed by atoms with van der Waals surface area (Å²) in [4.78, 5) is 10.6.